The van der Waals surface area contributed by atoms with Crippen molar-refractivity contribution in [2.75, 3.05) is 20.1 Å². The van der Waals surface area contributed by atoms with E-state index in [2.05, 4.69) is 9.88 Å². The van der Waals surface area contributed by atoms with Crippen LogP contribution in [-0.2, 0) is 9.59 Å². The van der Waals surface area contributed by atoms with E-state index in [9.17, 15) is 9.59 Å². The topological polar surface area (TPSA) is 69.3 Å². The molecule has 1 N–H and O–H groups in total. The number of aromatic nitrogens is 2. The summed E-state index contributed by atoms with van der Waals surface area (Å²) in [5, 5.41) is 0. The number of H-pyrrole nitrogens is 1. The molecule has 4 rings (SSSR count). The molecule has 2 saturated heterocycles. The normalized spacial score (nSPS) is 24.0. The van der Waals surface area contributed by atoms with Crippen LogP contribution in [-0.4, -0.2) is 57.8 Å². The molecule has 3 heterocycles. The number of piperidine rings is 1. The third-order valence-electron chi connectivity index (χ3n) is 5.12. The van der Waals surface area contributed by atoms with Crippen molar-refractivity contribution < 1.29 is 9.59 Å². The Morgan fingerprint density at radius 1 is 1.17 bits per heavy atom. The first kappa shape index (κ1) is 14.4. The highest BCUT2D eigenvalue weighted by molar-refractivity contribution is 6.05. The van der Waals surface area contributed by atoms with Crippen LogP contribution in [0.15, 0.2) is 24.3 Å². The number of aromatic amines is 1. The van der Waals surface area contributed by atoms with Gasteiger partial charge in [-0.2, -0.15) is 0 Å². The molecule has 1 atom stereocenters. The van der Waals surface area contributed by atoms with Gasteiger partial charge in [0.15, 0.2) is 0 Å². The van der Waals surface area contributed by atoms with Gasteiger partial charge in [0.2, 0.25) is 11.8 Å². The fraction of sp³-hybridized carbons (Fsp3) is 0.471. The number of amides is 2. The number of hydrogen-bond acceptors (Lipinski definition) is 4. The zero-order valence-corrected chi connectivity index (χ0v) is 13.2. The molecule has 2 aromatic rings. The first-order chi connectivity index (χ1) is 11.1. The van der Waals surface area contributed by atoms with Gasteiger partial charge in [0.05, 0.1) is 23.5 Å². The molecule has 1 aromatic carbocycles. The average Bonchev–Trinajstić information content (AvgIpc) is 3.12. The molecule has 2 amide bonds. The number of imidazole rings is 1. The Kier molecular flexibility index (Phi) is 3.41. The number of hydrogen-bond donors (Lipinski definition) is 1. The van der Waals surface area contributed by atoms with Gasteiger partial charge in [0.1, 0.15) is 5.82 Å². The molecule has 0 bridgehead atoms. The highest BCUT2D eigenvalue weighted by atomic mass is 16.2. The van der Waals surface area contributed by atoms with Crippen LogP contribution in [0.3, 0.4) is 0 Å². The number of nitrogens with zero attached hydrogens (tertiary/aromatic N) is 3. The monoisotopic (exact) mass is 312 g/mol. The number of likely N-dealkylation sites (tertiary alicyclic amines) is 2. The van der Waals surface area contributed by atoms with Crippen LogP contribution in [0, 0.1) is 0 Å². The molecule has 0 unspecified atom stereocenters. The maximum Gasteiger partial charge on any atom is 0.246 e. The standard InChI is InChI=1S/C17H20N4O2/c1-20-15(22)10-14(17(20)23)21-8-6-11(7-9-21)16-18-12-4-2-3-5-13(12)19-16/h2-5,11,14H,6-10H2,1H3,(H,18,19)/t14-/m0/s1. The summed E-state index contributed by atoms with van der Waals surface area (Å²) in [6.45, 7) is 1.67. The lowest BCUT2D eigenvalue weighted by atomic mass is 9.95. The molecule has 0 spiro atoms. The summed E-state index contributed by atoms with van der Waals surface area (Å²) in [7, 11) is 1.58. The number of para-hydroxylation sites is 2. The van der Waals surface area contributed by atoms with E-state index in [0.29, 0.717) is 12.3 Å². The summed E-state index contributed by atoms with van der Waals surface area (Å²) in [5.41, 5.74) is 2.08. The molecule has 6 nitrogen and oxygen atoms in total. The highest BCUT2D eigenvalue weighted by Crippen LogP contribution is 2.30. The third kappa shape index (κ3) is 2.43. The molecule has 0 saturated carbocycles. The molecule has 2 fully saturated rings. The Hall–Kier alpha value is -2.21. The molecule has 0 aliphatic carbocycles. The maximum absolute atomic E-state index is 12.1. The van der Waals surface area contributed by atoms with Crippen molar-refractivity contribution >= 4 is 22.8 Å². The summed E-state index contributed by atoms with van der Waals surface area (Å²) >= 11 is 0. The summed E-state index contributed by atoms with van der Waals surface area (Å²) in [6.07, 6.45) is 2.24. The van der Waals surface area contributed by atoms with Gasteiger partial charge in [0.25, 0.3) is 0 Å². The van der Waals surface area contributed by atoms with E-state index in [0.717, 1.165) is 42.8 Å². The van der Waals surface area contributed by atoms with E-state index in [4.69, 9.17) is 4.98 Å². The second kappa shape index (κ2) is 5.45. The minimum absolute atomic E-state index is 0.0582. The van der Waals surface area contributed by atoms with Crippen LogP contribution in [0.2, 0.25) is 0 Å². The van der Waals surface area contributed by atoms with Crippen molar-refractivity contribution in [3.05, 3.63) is 30.1 Å². The van der Waals surface area contributed by atoms with E-state index in [1.807, 2.05) is 24.3 Å². The quantitative estimate of drug-likeness (QED) is 0.853. The van der Waals surface area contributed by atoms with Crippen LogP contribution >= 0.6 is 0 Å². The van der Waals surface area contributed by atoms with Crippen molar-refractivity contribution in [3.63, 3.8) is 0 Å². The molecule has 23 heavy (non-hydrogen) atoms. The molecule has 6 heteroatoms. The molecular formula is C17H20N4O2. The minimum Gasteiger partial charge on any atom is -0.342 e. The minimum atomic E-state index is -0.260. The molecule has 0 radical (unpaired) electrons. The fourth-order valence-electron chi connectivity index (χ4n) is 3.67. The molecule has 1 aromatic heterocycles. The predicted molar refractivity (Wildman–Crippen MR) is 85.8 cm³/mol. The maximum atomic E-state index is 12.1. The van der Waals surface area contributed by atoms with E-state index < -0.39 is 0 Å². The predicted octanol–water partition coefficient (Wildman–Crippen LogP) is 1.50. The van der Waals surface area contributed by atoms with Crippen LogP contribution < -0.4 is 0 Å². The fourth-order valence-corrected chi connectivity index (χ4v) is 3.67. The van der Waals surface area contributed by atoms with Crippen LogP contribution in [0.1, 0.15) is 31.0 Å². The summed E-state index contributed by atoms with van der Waals surface area (Å²) in [6, 6.07) is 7.80. The Morgan fingerprint density at radius 3 is 2.57 bits per heavy atom. The molecular weight excluding hydrogens is 292 g/mol. The Balaban J connectivity index is 1.45. The Morgan fingerprint density at radius 2 is 1.91 bits per heavy atom. The van der Waals surface area contributed by atoms with E-state index >= 15 is 0 Å². The SMILES string of the molecule is CN1C(=O)C[C@H](N2CCC(c3nc4ccccc4[nH]3)CC2)C1=O. The van der Waals surface area contributed by atoms with Crippen LogP contribution in [0.4, 0.5) is 0 Å². The second-order valence-corrected chi connectivity index (χ2v) is 6.46. The number of rotatable bonds is 2. The summed E-state index contributed by atoms with van der Waals surface area (Å²) < 4.78 is 0. The number of likely N-dealkylation sites (N-methyl/N-ethyl adjacent to an activating group) is 1. The average molecular weight is 312 g/mol. The van der Waals surface area contributed by atoms with E-state index in [-0.39, 0.29) is 17.9 Å². The number of carbonyl (C=O) groups is 2. The molecule has 2 aliphatic heterocycles. The first-order valence-electron chi connectivity index (χ1n) is 8.12. The Bertz CT molecular complexity index is 728. The summed E-state index contributed by atoms with van der Waals surface area (Å²) in [4.78, 5) is 35.3. The smallest absolute Gasteiger partial charge is 0.246 e. The van der Waals surface area contributed by atoms with Crippen molar-refractivity contribution in [3.8, 4) is 0 Å². The lowest BCUT2D eigenvalue weighted by Gasteiger charge is -2.33. The molecule has 120 valence electrons. The van der Waals surface area contributed by atoms with Crippen molar-refractivity contribution in [2.45, 2.75) is 31.2 Å². The highest BCUT2D eigenvalue weighted by Gasteiger charge is 2.41. The van der Waals surface area contributed by atoms with Crippen molar-refractivity contribution in [2.24, 2.45) is 0 Å². The van der Waals surface area contributed by atoms with Gasteiger partial charge >= 0.3 is 0 Å². The van der Waals surface area contributed by atoms with Gasteiger partial charge in [-0.3, -0.25) is 19.4 Å². The number of carbonyl (C=O) groups excluding carboxylic acids is 2. The van der Waals surface area contributed by atoms with Crippen molar-refractivity contribution in [1.29, 1.82) is 0 Å². The lowest BCUT2D eigenvalue weighted by Crippen LogP contribution is -2.45. The number of fused-ring (bicyclic) bond motifs is 1. The third-order valence-corrected chi connectivity index (χ3v) is 5.12. The van der Waals surface area contributed by atoms with Crippen LogP contribution in [0.5, 0.6) is 0 Å². The second-order valence-electron chi connectivity index (χ2n) is 6.46. The number of imide groups is 1. The first-order valence-corrected chi connectivity index (χ1v) is 8.12. The van der Waals surface area contributed by atoms with Gasteiger partial charge in [0, 0.05) is 13.0 Å². The largest absolute Gasteiger partial charge is 0.342 e. The molecule has 2 aliphatic rings. The van der Waals surface area contributed by atoms with Crippen LogP contribution in [0.25, 0.3) is 11.0 Å². The zero-order chi connectivity index (χ0) is 16.0. The van der Waals surface area contributed by atoms with Gasteiger partial charge in [-0.1, -0.05) is 12.1 Å². The van der Waals surface area contributed by atoms with Gasteiger partial charge < -0.3 is 4.98 Å². The van der Waals surface area contributed by atoms with Gasteiger partial charge in [-0.15, -0.1) is 0 Å². The van der Waals surface area contributed by atoms with E-state index in [1.165, 1.54) is 4.90 Å². The number of nitrogens with one attached hydrogen (secondary N) is 1. The van der Waals surface area contributed by atoms with E-state index in [1.54, 1.807) is 7.05 Å². The van der Waals surface area contributed by atoms with Gasteiger partial charge in [-0.25, -0.2) is 4.98 Å². The lowest BCUT2D eigenvalue weighted by molar-refractivity contribution is -0.138. The Labute approximate surface area is 134 Å². The summed E-state index contributed by atoms with van der Waals surface area (Å²) in [5.74, 6) is 1.30. The zero-order valence-electron chi connectivity index (χ0n) is 13.2. The number of benzene rings is 1. The van der Waals surface area contributed by atoms with Crippen molar-refractivity contribution in [1.82, 2.24) is 19.8 Å². The van der Waals surface area contributed by atoms with Gasteiger partial charge in [-0.05, 0) is 38.1 Å².